The van der Waals surface area contributed by atoms with E-state index >= 15 is 0 Å². The second-order valence-electron chi connectivity index (χ2n) is 19.2. The van der Waals surface area contributed by atoms with Crippen LogP contribution in [0.2, 0.25) is 0 Å². The topological polar surface area (TPSA) is 8.17 Å². The van der Waals surface area contributed by atoms with Gasteiger partial charge in [0.25, 0.3) is 0 Å². The largest absolute Gasteiger partial charge is 0.311 e. The number of nitrogens with zero attached hydrogens (tertiary/aromatic N) is 2. The molecule has 5 saturated carbocycles. The van der Waals surface area contributed by atoms with Crippen LogP contribution in [0.25, 0.3) is 71.3 Å². The molecule has 3 bridgehead atoms. The Morgan fingerprint density at radius 3 is 1.73 bits per heavy atom. The van der Waals surface area contributed by atoms with E-state index in [1.807, 2.05) is 0 Å². The van der Waals surface area contributed by atoms with E-state index in [4.69, 9.17) is 0 Å². The fraction of sp³-hybridized carbons (Fsp3) is 0.167. The first-order valence-corrected chi connectivity index (χ1v) is 22.7. The number of aromatic nitrogens is 1. The van der Waals surface area contributed by atoms with E-state index in [1.54, 1.807) is 5.56 Å². The van der Waals surface area contributed by atoms with Gasteiger partial charge in [-0.05, 0) is 177 Å². The highest BCUT2D eigenvalue weighted by Crippen LogP contribution is 2.83. The molecule has 5 aliphatic rings. The van der Waals surface area contributed by atoms with Crippen molar-refractivity contribution in [1.82, 2.24) is 4.57 Å². The molecule has 62 heavy (non-hydrogen) atoms. The molecule has 0 radical (unpaired) electrons. The number of rotatable bonds is 7. The number of anilines is 3. The van der Waals surface area contributed by atoms with Crippen molar-refractivity contribution in [2.45, 2.75) is 37.5 Å². The van der Waals surface area contributed by atoms with Gasteiger partial charge in [0, 0.05) is 33.5 Å². The summed E-state index contributed by atoms with van der Waals surface area (Å²) in [5.41, 5.74) is 14.7. The Labute approximate surface area is 362 Å². The maximum Gasteiger partial charge on any atom is 0.0541 e. The van der Waals surface area contributed by atoms with Crippen LogP contribution < -0.4 is 4.90 Å². The van der Waals surface area contributed by atoms with E-state index in [9.17, 15) is 0 Å². The van der Waals surface area contributed by atoms with E-state index in [0.717, 1.165) is 29.1 Å². The van der Waals surface area contributed by atoms with Crippen molar-refractivity contribution in [3.63, 3.8) is 0 Å². The Morgan fingerprint density at radius 1 is 0.452 bits per heavy atom. The second kappa shape index (κ2) is 12.8. The Kier molecular flexibility index (Phi) is 7.19. The van der Waals surface area contributed by atoms with E-state index < -0.39 is 0 Å². The van der Waals surface area contributed by atoms with Crippen molar-refractivity contribution >= 4 is 60.4 Å². The fourth-order valence-corrected chi connectivity index (χ4v) is 13.8. The normalized spacial score (nSPS) is 23.1. The maximum atomic E-state index is 2.49. The van der Waals surface area contributed by atoms with Crippen LogP contribution in [-0.4, -0.2) is 4.57 Å². The van der Waals surface area contributed by atoms with Crippen molar-refractivity contribution in [1.29, 1.82) is 0 Å². The van der Waals surface area contributed by atoms with Crippen molar-refractivity contribution in [3.05, 3.63) is 206 Å². The summed E-state index contributed by atoms with van der Waals surface area (Å²) in [5, 5.41) is 7.72. The highest BCUT2D eigenvalue weighted by molar-refractivity contribution is 6.14. The molecule has 0 aliphatic heterocycles. The molecule has 2 nitrogen and oxygen atoms in total. The van der Waals surface area contributed by atoms with Crippen LogP contribution >= 0.6 is 0 Å². The van der Waals surface area contributed by atoms with Crippen molar-refractivity contribution in [3.8, 4) is 27.9 Å². The summed E-state index contributed by atoms with van der Waals surface area (Å²) in [6.45, 7) is 0. The molecule has 1 heterocycles. The van der Waals surface area contributed by atoms with E-state index in [0.29, 0.717) is 10.8 Å². The first-order chi connectivity index (χ1) is 30.6. The van der Waals surface area contributed by atoms with Crippen LogP contribution in [0.15, 0.2) is 200 Å². The molecule has 5 aliphatic carbocycles. The highest BCUT2D eigenvalue weighted by Gasteiger charge is 2.76. The smallest absolute Gasteiger partial charge is 0.0541 e. The number of para-hydroxylation sites is 2. The minimum Gasteiger partial charge on any atom is -0.311 e. The van der Waals surface area contributed by atoms with Crippen LogP contribution in [0, 0.1) is 23.2 Å². The zero-order chi connectivity index (χ0) is 40.6. The first-order valence-electron chi connectivity index (χ1n) is 22.7. The standard InChI is InChI=1S/C60H46N2/c1-2-13-50-42(10-1)34-55(52-15-4-3-14-51(50)52)40-22-28-47(29-23-40)61(48-30-24-44(25-31-48)59-36-45-32-43-35-60(45,38-59)56(43)37-59)46-26-20-39(21-27-46)41-11-9-12-49(33-41)62-57-18-7-5-16-53(57)54-17-6-8-19-58(54)62/h1-31,33-34,43,45,56H,32,35-38H2/t43?,45-,56+,59?,60?/m0/s1. The molecule has 5 fully saturated rings. The van der Waals surface area contributed by atoms with Gasteiger partial charge < -0.3 is 9.47 Å². The highest BCUT2D eigenvalue weighted by atomic mass is 15.1. The summed E-state index contributed by atoms with van der Waals surface area (Å²) in [7, 11) is 0. The monoisotopic (exact) mass is 794 g/mol. The molecule has 10 aromatic rings. The quantitative estimate of drug-likeness (QED) is 0.146. The summed E-state index contributed by atoms with van der Waals surface area (Å²) < 4.78 is 2.41. The van der Waals surface area contributed by atoms with Gasteiger partial charge in [-0.2, -0.15) is 0 Å². The average molecular weight is 795 g/mol. The Balaban J connectivity index is 0.846. The van der Waals surface area contributed by atoms with Gasteiger partial charge >= 0.3 is 0 Å². The van der Waals surface area contributed by atoms with Gasteiger partial charge in [0.05, 0.1) is 11.0 Å². The molecule has 0 amide bonds. The zero-order valence-electron chi connectivity index (χ0n) is 34.7. The lowest BCUT2D eigenvalue weighted by atomic mass is 9.59. The fourth-order valence-electron chi connectivity index (χ4n) is 13.8. The van der Waals surface area contributed by atoms with Gasteiger partial charge in [-0.15, -0.1) is 0 Å². The third kappa shape index (κ3) is 4.87. The van der Waals surface area contributed by atoms with Gasteiger partial charge in [-0.1, -0.05) is 133 Å². The summed E-state index contributed by atoms with van der Waals surface area (Å²) in [5.74, 6) is 2.99. The number of benzene rings is 9. The van der Waals surface area contributed by atoms with Crippen LogP contribution in [0.4, 0.5) is 17.1 Å². The SMILES string of the molecule is c1cc(-c2ccc(N(c3ccc(-c4cc5ccccc5c5ccccc45)cc3)c3ccc(C45C[C@@H]6CC7CC6(C4)[C@@H]7C5)cc3)cc2)cc(-n2c3ccccc3c3ccccc32)c1. The van der Waals surface area contributed by atoms with Crippen LogP contribution in [0.3, 0.4) is 0 Å². The second-order valence-corrected chi connectivity index (χ2v) is 19.2. The summed E-state index contributed by atoms with van der Waals surface area (Å²) in [6.07, 6.45) is 7.28. The average Bonchev–Trinajstić information content (AvgIpc) is 4.08. The van der Waals surface area contributed by atoms with Crippen LogP contribution in [0.5, 0.6) is 0 Å². The Morgan fingerprint density at radius 2 is 1.05 bits per heavy atom. The van der Waals surface area contributed by atoms with Gasteiger partial charge in [0.2, 0.25) is 0 Å². The van der Waals surface area contributed by atoms with Gasteiger partial charge in [0.1, 0.15) is 0 Å². The molecule has 15 rings (SSSR count). The maximum absolute atomic E-state index is 2.49. The molecule has 3 unspecified atom stereocenters. The molecule has 1 spiro atoms. The molecule has 2 heteroatoms. The molecular weight excluding hydrogens is 749 g/mol. The van der Waals surface area contributed by atoms with Crippen molar-refractivity contribution in [2.24, 2.45) is 23.2 Å². The summed E-state index contributed by atoms with van der Waals surface area (Å²) in [6, 6.07) is 74.8. The molecule has 9 aromatic carbocycles. The third-order valence-electron chi connectivity index (χ3n) is 16.4. The van der Waals surface area contributed by atoms with Crippen LogP contribution in [-0.2, 0) is 5.41 Å². The lowest BCUT2D eigenvalue weighted by molar-refractivity contribution is 0.0381. The lowest BCUT2D eigenvalue weighted by Gasteiger charge is -2.45. The molecular formula is C60H46N2. The minimum absolute atomic E-state index is 0.392. The summed E-state index contributed by atoms with van der Waals surface area (Å²) in [4.78, 5) is 2.45. The number of hydrogen-bond donors (Lipinski definition) is 0. The van der Waals surface area contributed by atoms with Gasteiger partial charge in [-0.3, -0.25) is 0 Å². The molecule has 5 atom stereocenters. The third-order valence-corrected chi connectivity index (χ3v) is 16.4. The Hall–Kier alpha value is -6.90. The van der Waals surface area contributed by atoms with Crippen molar-refractivity contribution < 1.29 is 0 Å². The predicted molar refractivity (Wildman–Crippen MR) is 259 cm³/mol. The summed E-state index contributed by atoms with van der Waals surface area (Å²) >= 11 is 0. The molecule has 296 valence electrons. The molecule has 1 aromatic heterocycles. The van der Waals surface area contributed by atoms with E-state index in [1.165, 1.54) is 109 Å². The number of hydrogen-bond acceptors (Lipinski definition) is 1. The molecule has 0 N–H and O–H groups in total. The van der Waals surface area contributed by atoms with Crippen molar-refractivity contribution in [2.75, 3.05) is 4.90 Å². The number of fused-ring (bicyclic) bond motifs is 7. The van der Waals surface area contributed by atoms with Crippen LogP contribution in [0.1, 0.15) is 37.7 Å². The van der Waals surface area contributed by atoms with E-state index in [-0.39, 0.29) is 0 Å². The lowest BCUT2D eigenvalue weighted by Crippen LogP contribution is -2.38. The van der Waals surface area contributed by atoms with Gasteiger partial charge in [-0.25, -0.2) is 0 Å². The minimum atomic E-state index is 0.392. The zero-order valence-corrected chi connectivity index (χ0v) is 34.7. The predicted octanol–water partition coefficient (Wildman–Crippen LogP) is 16.0. The van der Waals surface area contributed by atoms with Gasteiger partial charge in [0.15, 0.2) is 0 Å². The first kappa shape index (κ1) is 34.8. The van der Waals surface area contributed by atoms with E-state index in [2.05, 4.69) is 210 Å². The molecule has 0 saturated heterocycles. The Bertz CT molecular complexity index is 3340.